The summed E-state index contributed by atoms with van der Waals surface area (Å²) >= 11 is 0. The number of aliphatic carboxylic acids is 1. The second kappa shape index (κ2) is 7.73. The molecule has 9 heteroatoms. The Morgan fingerprint density at radius 3 is 2.80 bits per heavy atom. The van der Waals surface area contributed by atoms with E-state index in [0.717, 1.165) is 4.90 Å². The summed E-state index contributed by atoms with van der Waals surface area (Å²) in [6.07, 6.45) is -3.27. The van der Waals surface area contributed by atoms with Gasteiger partial charge in [0.1, 0.15) is 12.6 Å². The first kappa shape index (κ1) is 16.3. The van der Waals surface area contributed by atoms with Gasteiger partial charge in [0.15, 0.2) is 0 Å². The smallest absolute Gasteiger partial charge is 0.305 e. The highest BCUT2D eigenvalue weighted by Gasteiger charge is 2.34. The van der Waals surface area contributed by atoms with Gasteiger partial charge in [0.25, 0.3) is 6.43 Å². The maximum absolute atomic E-state index is 11.9. The molecule has 1 unspecified atom stereocenters. The predicted octanol–water partition coefficient (Wildman–Crippen LogP) is -0.540. The number of ether oxygens (including phenoxy) is 1. The number of alkyl halides is 2. The van der Waals surface area contributed by atoms with Crippen molar-refractivity contribution in [3.8, 4) is 0 Å². The zero-order chi connectivity index (χ0) is 15.1. The minimum atomic E-state index is -2.61. The Balaban J connectivity index is 2.50. The molecule has 2 N–H and O–H groups in total. The van der Waals surface area contributed by atoms with Crippen molar-refractivity contribution >= 4 is 17.8 Å². The van der Waals surface area contributed by atoms with E-state index in [9.17, 15) is 23.2 Å². The lowest BCUT2D eigenvalue weighted by Crippen LogP contribution is -2.57. The average Bonchev–Trinajstić information content (AvgIpc) is 2.36. The maximum atomic E-state index is 11.9. The minimum absolute atomic E-state index is 0.171. The second-order valence-electron chi connectivity index (χ2n) is 4.21. The Kier molecular flexibility index (Phi) is 6.29. The van der Waals surface area contributed by atoms with Crippen molar-refractivity contribution in [1.29, 1.82) is 0 Å². The van der Waals surface area contributed by atoms with E-state index in [-0.39, 0.29) is 26.1 Å². The Bertz CT molecular complexity index is 378. The summed E-state index contributed by atoms with van der Waals surface area (Å²) in [7, 11) is 0. The largest absolute Gasteiger partial charge is 0.481 e. The topological polar surface area (TPSA) is 95.9 Å². The van der Waals surface area contributed by atoms with Gasteiger partial charge in [0, 0.05) is 13.1 Å². The zero-order valence-electron chi connectivity index (χ0n) is 10.7. The molecular formula is C11H16F2N2O5. The zero-order valence-corrected chi connectivity index (χ0v) is 10.7. The molecule has 1 saturated heterocycles. The summed E-state index contributed by atoms with van der Waals surface area (Å²) in [6, 6.07) is -1.07. The van der Waals surface area contributed by atoms with Crippen molar-refractivity contribution in [2.75, 3.05) is 26.3 Å². The van der Waals surface area contributed by atoms with Crippen molar-refractivity contribution in [3.63, 3.8) is 0 Å². The van der Waals surface area contributed by atoms with Crippen molar-refractivity contribution in [1.82, 2.24) is 10.2 Å². The average molecular weight is 294 g/mol. The van der Waals surface area contributed by atoms with Crippen LogP contribution in [0.1, 0.15) is 12.8 Å². The molecule has 1 aliphatic rings. The molecule has 0 aromatic heterocycles. The van der Waals surface area contributed by atoms with Gasteiger partial charge in [-0.1, -0.05) is 0 Å². The van der Waals surface area contributed by atoms with Crippen molar-refractivity contribution < 1.29 is 33.0 Å². The SMILES string of the molecule is O=C(O)CC1C(=O)NCCN1C(=O)CCOCC(F)F. The number of hydrogen-bond donors (Lipinski definition) is 2. The van der Waals surface area contributed by atoms with Gasteiger partial charge < -0.3 is 20.1 Å². The molecule has 0 bridgehead atoms. The van der Waals surface area contributed by atoms with Crippen molar-refractivity contribution in [2.45, 2.75) is 25.3 Å². The maximum Gasteiger partial charge on any atom is 0.305 e. The molecule has 0 saturated carbocycles. The van der Waals surface area contributed by atoms with Gasteiger partial charge in [-0.2, -0.15) is 0 Å². The number of hydrogen-bond acceptors (Lipinski definition) is 4. The van der Waals surface area contributed by atoms with Crippen molar-refractivity contribution in [3.05, 3.63) is 0 Å². The van der Waals surface area contributed by atoms with Gasteiger partial charge >= 0.3 is 5.97 Å². The molecule has 7 nitrogen and oxygen atoms in total. The van der Waals surface area contributed by atoms with Crippen LogP contribution in [0.3, 0.4) is 0 Å². The van der Waals surface area contributed by atoms with Gasteiger partial charge in [0.2, 0.25) is 11.8 Å². The van der Waals surface area contributed by atoms with Gasteiger partial charge in [-0.05, 0) is 0 Å². The first-order chi connectivity index (χ1) is 9.41. The Morgan fingerprint density at radius 1 is 1.50 bits per heavy atom. The summed E-state index contributed by atoms with van der Waals surface area (Å²) in [4.78, 5) is 35.3. The number of nitrogens with zero attached hydrogens (tertiary/aromatic N) is 1. The molecule has 0 aromatic rings. The molecule has 1 aliphatic heterocycles. The van der Waals surface area contributed by atoms with E-state index in [1.54, 1.807) is 0 Å². The first-order valence-electron chi connectivity index (χ1n) is 6.06. The van der Waals surface area contributed by atoms with Crippen LogP contribution >= 0.6 is 0 Å². The van der Waals surface area contributed by atoms with Crippen LogP contribution in [0.2, 0.25) is 0 Å². The monoisotopic (exact) mass is 294 g/mol. The first-order valence-corrected chi connectivity index (χ1v) is 6.06. The van der Waals surface area contributed by atoms with Crippen LogP contribution in [0.4, 0.5) is 8.78 Å². The number of carboxylic acid groups (broad SMARTS) is 1. The molecule has 2 amide bonds. The summed E-state index contributed by atoms with van der Waals surface area (Å²) in [5.74, 6) is -2.21. The molecule has 1 heterocycles. The Labute approximate surface area is 113 Å². The molecule has 20 heavy (non-hydrogen) atoms. The van der Waals surface area contributed by atoms with Crippen LogP contribution in [0.5, 0.6) is 0 Å². The lowest BCUT2D eigenvalue weighted by molar-refractivity contribution is -0.149. The normalized spacial score (nSPS) is 19.1. The fourth-order valence-corrected chi connectivity index (χ4v) is 1.86. The molecule has 1 rings (SSSR count). The van der Waals surface area contributed by atoms with Crippen LogP contribution in [-0.2, 0) is 19.1 Å². The number of halogens is 2. The molecular weight excluding hydrogens is 278 g/mol. The molecule has 0 aromatic carbocycles. The molecule has 0 radical (unpaired) electrons. The summed E-state index contributed by atoms with van der Waals surface area (Å²) in [6.45, 7) is -0.524. The Morgan fingerprint density at radius 2 is 2.20 bits per heavy atom. The summed E-state index contributed by atoms with van der Waals surface area (Å²) in [5.41, 5.74) is 0. The molecule has 0 spiro atoms. The van der Waals surface area contributed by atoms with E-state index in [1.165, 1.54) is 0 Å². The lowest BCUT2D eigenvalue weighted by Gasteiger charge is -2.34. The van der Waals surface area contributed by atoms with Crippen LogP contribution in [0.25, 0.3) is 0 Å². The molecule has 1 fully saturated rings. The fraction of sp³-hybridized carbons (Fsp3) is 0.727. The van der Waals surface area contributed by atoms with E-state index in [1.807, 2.05) is 0 Å². The molecule has 0 aliphatic carbocycles. The van der Waals surface area contributed by atoms with E-state index < -0.39 is 43.3 Å². The number of carbonyl (C=O) groups is 3. The lowest BCUT2D eigenvalue weighted by atomic mass is 10.1. The highest BCUT2D eigenvalue weighted by atomic mass is 19.3. The quantitative estimate of drug-likeness (QED) is 0.615. The predicted molar refractivity (Wildman–Crippen MR) is 62.2 cm³/mol. The van der Waals surface area contributed by atoms with Gasteiger partial charge in [-0.15, -0.1) is 0 Å². The highest BCUT2D eigenvalue weighted by molar-refractivity contribution is 5.91. The van der Waals surface area contributed by atoms with E-state index in [0.29, 0.717) is 0 Å². The van der Waals surface area contributed by atoms with Crippen LogP contribution in [0, 0.1) is 0 Å². The van der Waals surface area contributed by atoms with Gasteiger partial charge in [-0.25, -0.2) is 8.78 Å². The summed E-state index contributed by atoms with van der Waals surface area (Å²) < 4.78 is 28.2. The highest BCUT2D eigenvalue weighted by Crippen LogP contribution is 2.11. The Hall–Kier alpha value is -1.77. The third-order valence-corrected chi connectivity index (χ3v) is 2.72. The standard InChI is InChI=1S/C11H16F2N2O5/c12-8(13)6-20-4-1-9(16)15-3-2-14-11(19)7(15)5-10(17)18/h7-8H,1-6H2,(H,14,19)(H,17,18). The number of rotatable bonds is 7. The summed E-state index contributed by atoms with van der Waals surface area (Å²) in [5, 5.41) is 11.2. The van der Waals surface area contributed by atoms with Gasteiger partial charge in [-0.3, -0.25) is 14.4 Å². The minimum Gasteiger partial charge on any atom is -0.481 e. The van der Waals surface area contributed by atoms with E-state index >= 15 is 0 Å². The number of piperazine rings is 1. The second-order valence-corrected chi connectivity index (χ2v) is 4.21. The van der Waals surface area contributed by atoms with Crippen LogP contribution in [0.15, 0.2) is 0 Å². The molecule has 1 atom stereocenters. The van der Waals surface area contributed by atoms with Gasteiger partial charge in [0.05, 0.1) is 19.4 Å². The third kappa shape index (κ3) is 5.08. The number of amides is 2. The third-order valence-electron chi connectivity index (χ3n) is 2.72. The van der Waals surface area contributed by atoms with Crippen LogP contribution in [-0.4, -0.2) is 66.6 Å². The van der Waals surface area contributed by atoms with Crippen LogP contribution < -0.4 is 5.32 Å². The fourth-order valence-electron chi connectivity index (χ4n) is 1.86. The van der Waals surface area contributed by atoms with E-state index in [4.69, 9.17) is 5.11 Å². The number of carboxylic acids is 1. The molecule has 114 valence electrons. The van der Waals surface area contributed by atoms with Crippen molar-refractivity contribution in [2.24, 2.45) is 0 Å². The number of carbonyl (C=O) groups excluding carboxylic acids is 2. The number of nitrogens with one attached hydrogen (secondary N) is 1. The van der Waals surface area contributed by atoms with E-state index in [2.05, 4.69) is 10.1 Å².